The van der Waals surface area contributed by atoms with Gasteiger partial charge in [-0.05, 0) is 95.3 Å². The van der Waals surface area contributed by atoms with Crippen LogP contribution < -0.4 is 0 Å². The fourth-order valence-electron chi connectivity index (χ4n) is 7.61. The zero-order valence-corrected chi connectivity index (χ0v) is 28.0. The van der Waals surface area contributed by atoms with Gasteiger partial charge in [0.25, 0.3) is 0 Å². The summed E-state index contributed by atoms with van der Waals surface area (Å²) >= 11 is 1.71. The van der Waals surface area contributed by atoms with Crippen LogP contribution in [0, 0.1) is 0 Å². The zero-order chi connectivity index (χ0) is 33.0. The predicted octanol–water partition coefficient (Wildman–Crippen LogP) is 13.2. The first-order chi connectivity index (χ1) is 24.8. The molecule has 0 unspecified atom stereocenters. The maximum absolute atomic E-state index is 5.04. The first-order valence-electron chi connectivity index (χ1n) is 17.0. The number of nitrogens with zero attached hydrogens (tertiary/aromatic N) is 2. The van der Waals surface area contributed by atoms with E-state index < -0.39 is 0 Å². The molecule has 0 saturated carbocycles. The zero-order valence-electron chi connectivity index (χ0n) is 27.2. The molecule has 0 radical (unpaired) electrons. The van der Waals surface area contributed by atoms with E-state index in [2.05, 4.69) is 169 Å². The minimum Gasteiger partial charge on any atom is -0.228 e. The topological polar surface area (TPSA) is 25.8 Å². The monoisotopic (exact) mass is 654 g/mol. The number of hydrogen-bond donors (Lipinski definition) is 0. The summed E-state index contributed by atoms with van der Waals surface area (Å²) in [6, 6.07) is 53.1. The van der Waals surface area contributed by atoms with Gasteiger partial charge in [-0.1, -0.05) is 146 Å². The molecular weight excluding hydrogens is 625 g/mol. The second-order valence-electron chi connectivity index (χ2n) is 12.9. The smallest absolute Gasteiger partial charge is 0.156 e. The van der Waals surface area contributed by atoms with E-state index in [1.54, 1.807) is 11.3 Å². The SMILES string of the molecule is C1=CCC(c2nc(-c3ccc(-c4cccc5c4ccc4c(-c6cccc7ccccc67)c6ccccc6cc45)cc3)cc(-c3cccs3)n2)=C1. The van der Waals surface area contributed by atoms with Gasteiger partial charge in [0, 0.05) is 11.1 Å². The number of fused-ring (bicyclic) bond motifs is 5. The van der Waals surface area contributed by atoms with E-state index in [-0.39, 0.29) is 0 Å². The third-order valence-electron chi connectivity index (χ3n) is 10.0. The fraction of sp³-hybridized carbons (Fsp3) is 0.0213. The van der Waals surface area contributed by atoms with Crippen LogP contribution in [0.25, 0.3) is 92.7 Å². The van der Waals surface area contributed by atoms with Gasteiger partial charge < -0.3 is 0 Å². The molecule has 2 nitrogen and oxygen atoms in total. The van der Waals surface area contributed by atoms with Crippen molar-refractivity contribution < 1.29 is 0 Å². The predicted molar refractivity (Wildman–Crippen MR) is 213 cm³/mol. The summed E-state index contributed by atoms with van der Waals surface area (Å²) in [5, 5.41) is 12.2. The number of hydrogen-bond acceptors (Lipinski definition) is 3. The normalized spacial score (nSPS) is 12.8. The lowest BCUT2D eigenvalue weighted by Gasteiger charge is -2.17. The summed E-state index contributed by atoms with van der Waals surface area (Å²) in [6.45, 7) is 0. The van der Waals surface area contributed by atoms with E-state index >= 15 is 0 Å². The minimum absolute atomic E-state index is 0.802. The molecule has 0 amide bonds. The van der Waals surface area contributed by atoms with Crippen molar-refractivity contribution in [3.8, 4) is 44.1 Å². The van der Waals surface area contributed by atoms with Gasteiger partial charge >= 0.3 is 0 Å². The van der Waals surface area contributed by atoms with Crippen molar-refractivity contribution in [1.82, 2.24) is 9.97 Å². The molecule has 0 aliphatic heterocycles. The highest BCUT2D eigenvalue weighted by molar-refractivity contribution is 7.13. The first kappa shape index (κ1) is 28.8. The molecule has 0 fully saturated rings. The van der Waals surface area contributed by atoms with E-state index in [4.69, 9.17) is 9.97 Å². The van der Waals surface area contributed by atoms with Crippen LogP contribution in [-0.2, 0) is 0 Å². The summed E-state index contributed by atoms with van der Waals surface area (Å²) in [5.41, 5.74) is 9.11. The van der Waals surface area contributed by atoms with Gasteiger partial charge in [-0.2, -0.15) is 0 Å². The van der Waals surface area contributed by atoms with E-state index in [1.807, 2.05) is 0 Å². The first-order valence-corrected chi connectivity index (χ1v) is 17.9. The maximum atomic E-state index is 5.04. The summed E-state index contributed by atoms with van der Waals surface area (Å²) < 4.78 is 0. The van der Waals surface area contributed by atoms with Crippen LogP contribution in [0.4, 0.5) is 0 Å². The Hall–Kier alpha value is -6.16. The number of thiophene rings is 1. The summed E-state index contributed by atoms with van der Waals surface area (Å²) in [7, 11) is 0. The number of benzene rings is 7. The highest BCUT2D eigenvalue weighted by Gasteiger charge is 2.17. The molecule has 2 aromatic heterocycles. The molecule has 1 aliphatic rings. The molecule has 0 bridgehead atoms. The second-order valence-corrected chi connectivity index (χ2v) is 13.8. The lowest BCUT2D eigenvalue weighted by atomic mass is 9.87. The molecule has 9 aromatic rings. The van der Waals surface area contributed by atoms with Crippen molar-refractivity contribution in [2.24, 2.45) is 0 Å². The van der Waals surface area contributed by atoms with Crippen LogP contribution in [0.1, 0.15) is 12.2 Å². The highest BCUT2D eigenvalue weighted by atomic mass is 32.1. The van der Waals surface area contributed by atoms with Crippen molar-refractivity contribution >= 4 is 60.0 Å². The Morgan fingerprint density at radius 1 is 0.480 bits per heavy atom. The molecule has 3 heteroatoms. The molecule has 0 spiro atoms. The van der Waals surface area contributed by atoms with Gasteiger partial charge in [-0.15, -0.1) is 11.3 Å². The van der Waals surface area contributed by atoms with Crippen LogP contribution in [0.15, 0.2) is 169 Å². The molecule has 7 aromatic carbocycles. The van der Waals surface area contributed by atoms with Crippen molar-refractivity contribution in [1.29, 1.82) is 0 Å². The summed E-state index contributed by atoms with van der Waals surface area (Å²) in [4.78, 5) is 11.2. The summed E-state index contributed by atoms with van der Waals surface area (Å²) in [5.74, 6) is 0.802. The Kier molecular flexibility index (Phi) is 6.78. The quantitative estimate of drug-likeness (QED) is 0.136. The number of rotatable bonds is 5. The van der Waals surface area contributed by atoms with E-state index in [9.17, 15) is 0 Å². The van der Waals surface area contributed by atoms with Crippen molar-refractivity contribution in [3.63, 3.8) is 0 Å². The Morgan fingerprint density at radius 3 is 2.04 bits per heavy atom. The minimum atomic E-state index is 0.802. The Labute approximate surface area is 294 Å². The van der Waals surface area contributed by atoms with Crippen LogP contribution in [-0.4, -0.2) is 9.97 Å². The van der Waals surface area contributed by atoms with E-state index in [0.717, 1.165) is 39.6 Å². The molecule has 234 valence electrons. The number of aromatic nitrogens is 2. The number of allylic oxidation sites excluding steroid dienone is 4. The fourth-order valence-corrected chi connectivity index (χ4v) is 8.30. The molecule has 0 atom stereocenters. The van der Waals surface area contributed by atoms with Crippen LogP contribution in [0.3, 0.4) is 0 Å². The lowest BCUT2D eigenvalue weighted by Crippen LogP contribution is -1.98. The van der Waals surface area contributed by atoms with Crippen LogP contribution in [0.5, 0.6) is 0 Å². The molecular formula is C47H30N2S. The maximum Gasteiger partial charge on any atom is 0.156 e. The van der Waals surface area contributed by atoms with Crippen molar-refractivity contribution in [3.05, 3.63) is 175 Å². The average molecular weight is 655 g/mol. The molecule has 0 N–H and O–H groups in total. The molecule has 2 heterocycles. The molecule has 1 aliphatic carbocycles. The summed E-state index contributed by atoms with van der Waals surface area (Å²) in [6.07, 6.45) is 7.23. The third-order valence-corrected chi connectivity index (χ3v) is 10.9. The Morgan fingerprint density at radius 2 is 1.20 bits per heavy atom. The Bertz CT molecular complexity index is 2820. The largest absolute Gasteiger partial charge is 0.228 e. The average Bonchev–Trinajstić information content (AvgIpc) is 3.93. The standard InChI is InChI=1S/C47H30N2S/c1-2-12-33(11-1)47-48-43(29-44(49-47)45-20-9-27-50-45)32-23-21-31(22-24-32)35-17-8-18-38-39(35)25-26-41-42(38)28-34-13-4-6-16-37(34)46(41)40-19-7-14-30-10-3-5-15-36(30)40/h1-11,13-29H,12H2. The van der Waals surface area contributed by atoms with Crippen molar-refractivity contribution in [2.45, 2.75) is 6.42 Å². The lowest BCUT2D eigenvalue weighted by molar-refractivity contribution is 1.11. The van der Waals surface area contributed by atoms with Gasteiger partial charge in [0.05, 0.1) is 16.3 Å². The third kappa shape index (κ3) is 4.78. The second kappa shape index (κ2) is 11.8. The van der Waals surface area contributed by atoms with Gasteiger partial charge in [-0.25, -0.2) is 9.97 Å². The molecule has 0 saturated heterocycles. The van der Waals surface area contributed by atoms with Gasteiger partial charge in [0.15, 0.2) is 5.82 Å². The molecule has 10 rings (SSSR count). The Balaban J connectivity index is 1.12. The van der Waals surface area contributed by atoms with Gasteiger partial charge in [-0.3, -0.25) is 0 Å². The van der Waals surface area contributed by atoms with Crippen LogP contribution >= 0.6 is 11.3 Å². The van der Waals surface area contributed by atoms with Crippen molar-refractivity contribution in [2.75, 3.05) is 0 Å². The van der Waals surface area contributed by atoms with Gasteiger partial charge in [0.2, 0.25) is 0 Å². The van der Waals surface area contributed by atoms with E-state index in [0.29, 0.717) is 0 Å². The van der Waals surface area contributed by atoms with Crippen LogP contribution in [0.2, 0.25) is 0 Å². The highest BCUT2D eigenvalue weighted by Crippen LogP contribution is 2.43. The molecule has 50 heavy (non-hydrogen) atoms. The van der Waals surface area contributed by atoms with E-state index in [1.165, 1.54) is 65.3 Å². The van der Waals surface area contributed by atoms with Gasteiger partial charge in [0.1, 0.15) is 0 Å².